The summed E-state index contributed by atoms with van der Waals surface area (Å²) in [4.78, 5) is 18.7. The molecule has 5 nitrogen and oxygen atoms in total. The second kappa shape index (κ2) is 5.85. The van der Waals surface area contributed by atoms with Crippen LogP contribution < -0.4 is 5.73 Å². The number of imidazole rings is 1. The van der Waals surface area contributed by atoms with Crippen LogP contribution in [0, 0.1) is 12.3 Å². The Morgan fingerprint density at radius 1 is 1.38 bits per heavy atom. The molecule has 2 N–H and O–H groups in total. The van der Waals surface area contributed by atoms with Gasteiger partial charge in [0.1, 0.15) is 12.4 Å². The first-order valence-electron chi connectivity index (χ1n) is 7.20. The molecule has 0 radical (unpaired) electrons. The van der Waals surface area contributed by atoms with Crippen LogP contribution in [0.5, 0.6) is 0 Å². The Kier molecular flexibility index (Phi) is 4.32. The number of likely N-dealkylation sites (N-methyl/N-ethyl adjacent to an activating group) is 1. The minimum atomic E-state index is -0.0730. The van der Waals surface area contributed by atoms with Gasteiger partial charge in [-0.05, 0) is 31.0 Å². The van der Waals surface area contributed by atoms with Gasteiger partial charge in [-0.3, -0.25) is 4.79 Å². The number of carbonyl (C=O) groups excluding carboxylic acids is 1. The summed E-state index contributed by atoms with van der Waals surface area (Å²) in [5.74, 6) is 0.929. The van der Waals surface area contributed by atoms with Gasteiger partial charge in [-0.2, -0.15) is 0 Å². The molecule has 0 saturated heterocycles. The number of amides is 1. The summed E-state index contributed by atoms with van der Waals surface area (Å²) in [5, 5.41) is 0. The van der Waals surface area contributed by atoms with Gasteiger partial charge in [-0.25, -0.2) is 4.98 Å². The Morgan fingerprint density at radius 2 is 2.05 bits per heavy atom. The topological polar surface area (TPSA) is 64.2 Å². The largest absolute Gasteiger partial charge is 0.344 e. The van der Waals surface area contributed by atoms with Gasteiger partial charge in [0.2, 0.25) is 5.91 Å². The van der Waals surface area contributed by atoms with Crippen molar-refractivity contribution in [2.24, 2.45) is 11.1 Å². The van der Waals surface area contributed by atoms with Crippen molar-refractivity contribution in [3.05, 3.63) is 30.1 Å². The van der Waals surface area contributed by atoms with E-state index in [1.165, 1.54) is 0 Å². The fourth-order valence-electron chi connectivity index (χ4n) is 2.45. The standard InChI is InChI=1S/C16H24N4O/c1-12-18-13-7-5-6-8-14(13)20(12)9-15(21)19(4)11-16(2,3)10-17/h5-8H,9-11,17H2,1-4H3. The molecule has 1 aromatic carbocycles. The predicted octanol–water partition coefficient (Wildman–Crippen LogP) is 1.79. The molecule has 2 rings (SSSR count). The summed E-state index contributed by atoms with van der Waals surface area (Å²) in [7, 11) is 1.83. The van der Waals surface area contributed by atoms with Gasteiger partial charge in [0.05, 0.1) is 11.0 Å². The zero-order valence-corrected chi connectivity index (χ0v) is 13.3. The number of benzene rings is 1. The Bertz CT molecular complexity index is 645. The average molecular weight is 288 g/mol. The zero-order chi connectivity index (χ0) is 15.6. The van der Waals surface area contributed by atoms with Crippen LogP contribution in [0.3, 0.4) is 0 Å². The normalized spacial score (nSPS) is 11.9. The van der Waals surface area contributed by atoms with Crippen LogP contribution in [0.25, 0.3) is 11.0 Å². The Balaban J connectivity index is 2.16. The number of aryl methyl sites for hydroxylation is 1. The summed E-state index contributed by atoms with van der Waals surface area (Å²) in [6.07, 6.45) is 0. The van der Waals surface area contributed by atoms with E-state index in [4.69, 9.17) is 5.73 Å². The molecule has 5 heteroatoms. The van der Waals surface area contributed by atoms with E-state index in [1.54, 1.807) is 4.90 Å². The van der Waals surface area contributed by atoms with E-state index >= 15 is 0 Å². The van der Waals surface area contributed by atoms with Gasteiger partial charge in [0.25, 0.3) is 0 Å². The fraction of sp³-hybridized carbons (Fsp3) is 0.500. The van der Waals surface area contributed by atoms with Crippen molar-refractivity contribution in [1.29, 1.82) is 0 Å². The molecule has 0 fully saturated rings. The first kappa shape index (κ1) is 15.5. The highest BCUT2D eigenvalue weighted by Gasteiger charge is 2.22. The van der Waals surface area contributed by atoms with Gasteiger partial charge in [-0.15, -0.1) is 0 Å². The molecule has 21 heavy (non-hydrogen) atoms. The summed E-state index contributed by atoms with van der Waals surface area (Å²) >= 11 is 0. The third kappa shape index (κ3) is 3.42. The van der Waals surface area contributed by atoms with Crippen molar-refractivity contribution in [3.63, 3.8) is 0 Å². The minimum absolute atomic E-state index is 0.0720. The summed E-state index contributed by atoms with van der Waals surface area (Å²) in [6.45, 7) is 7.57. The summed E-state index contributed by atoms with van der Waals surface area (Å²) in [6, 6.07) is 7.87. The van der Waals surface area contributed by atoms with E-state index < -0.39 is 0 Å². The molecule has 0 aliphatic rings. The van der Waals surface area contributed by atoms with Crippen molar-refractivity contribution in [1.82, 2.24) is 14.5 Å². The van der Waals surface area contributed by atoms with Gasteiger partial charge >= 0.3 is 0 Å². The van der Waals surface area contributed by atoms with Gasteiger partial charge in [0.15, 0.2) is 0 Å². The van der Waals surface area contributed by atoms with Gasteiger partial charge in [-0.1, -0.05) is 26.0 Å². The van der Waals surface area contributed by atoms with E-state index in [-0.39, 0.29) is 11.3 Å². The lowest BCUT2D eigenvalue weighted by Crippen LogP contribution is -2.41. The third-order valence-corrected chi connectivity index (χ3v) is 3.78. The minimum Gasteiger partial charge on any atom is -0.344 e. The van der Waals surface area contributed by atoms with Crippen LogP contribution in [0.15, 0.2) is 24.3 Å². The number of aromatic nitrogens is 2. The lowest BCUT2D eigenvalue weighted by molar-refractivity contribution is -0.131. The third-order valence-electron chi connectivity index (χ3n) is 3.78. The Morgan fingerprint density at radius 3 is 2.71 bits per heavy atom. The molecule has 0 saturated carbocycles. The Labute approximate surface area is 125 Å². The van der Waals surface area contributed by atoms with E-state index in [2.05, 4.69) is 18.8 Å². The second-order valence-electron chi connectivity index (χ2n) is 6.35. The highest BCUT2D eigenvalue weighted by Crippen LogP contribution is 2.17. The number of hydrogen-bond acceptors (Lipinski definition) is 3. The second-order valence-corrected chi connectivity index (χ2v) is 6.35. The monoisotopic (exact) mass is 288 g/mol. The maximum absolute atomic E-state index is 12.4. The van der Waals surface area contributed by atoms with E-state index in [0.29, 0.717) is 19.6 Å². The van der Waals surface area contributed by atoms with Crippen molar-refractivity contribution >= 4 is 16.9 Å². The first-order valence-corrected chi connectivity index (χ1v) is 7.20. The van der Waals surface area contributed by atoms with Gasteiger partial charge in [0, 0.05) is 13.6 Å². The maximum Gasteiger partial charge on any atom is 0.242 e. The number of fused-ring (bicyclic) bond motifs is 1. The Hall–Kier alpha value is -1.88. The smallest absolute Gasteiger partial charge is 0.242 e. The molecule has 1 aromatic heterocycles. The molecule has 0 aliphatic heterocycles. The number of hydrogen-bond donors (Lipinski definition) is 1. The van der Waals surface area contributed by atoms with Gasteiger partial charge < -0.3 is 15.2 Å². The summed E-state index contributed by atoms with van der Waals surface area (Å²) in [5.41, 5.74) is 7.58. The average Bonchev–Trinajstić information content (AvgIpc) is 2.75. The number of nitrogens with two attached hydrogens (primary N) is 1. The lowest BCUT2D eigenvalue weighted by Gasteiger charge is -2.29. The SMILES string of the molecule is Cc1nc2ccccc2n1CC(=O)N(C)CC(C)(C)CN. The molecule has 1 heterocycles. The lowest BCUT2D eigenvalue weighted by atomic mass is 9.93. The summed E-state index contributed by atoms with van der Waals surface area (Å²) < 4.78 is 1.96. The fourth-order valence-corrected chi connectivity index (χ4v) is 2.45. The van der Waals surface area contributed by atoms with Crippen molar-refractivity contribution in [2.75, 3.05) is 20.1 Å². The maximum atomic E-state index is 12.4. The van der Waals surface area contributed by atoms with Crippen molar-refractivity contribution in [3.8, 4) is 0 Å². The van der Waals surface area contributed by atoms with E-state index in [0.717, 1.165) is 16.9 Å². The number of para-hydroxylation sites is 2. The van der Waals surface area contributed by atoms with Crippen LogP contribution in [0.1, 0.15) is 19.7 Å². The van der Waals surface area contributed by atoms with Crippen molar-refractivity contribution in [2.45, 2.75) is 27.3 Å². The molecule has 0 aliphatic carbocycles. The molecule has 1 amide bonds. The highest BCUT2D eigenvalue weighted by atomic mass is 16.2. The van der Waals surface area contributed by atoms with E-state index in [9.17, 15) is 4.79 Å². The number of nitrogens with zero attached hydrogens (tertiary/aromatic N) is 3. The van der Waals surface area contributed by atoms with Crippen LogP contribution in [-0.4, -0.2) is 40.5 Å². The molecule has 0 spiro atoms. The quantitative estimate of drug-likeness (QED) is 0.912. The van der Waals surface area contributed by atoms with Crippen LogP contribution in [0.2, 0.25) is 0 Å². The molecule has 0 atom stereocenters. The molecule has 0 unspecified atom stereocenters. The van der Waals surface area contributed by atoms with Crippen LogP contribution in [-0.2, 0) is 11.3 Å². The highest BCUT2D eigenvalue weighted by molar-refractivity contribution is 5.81. The molecular weight excluding hydrogens is 264 g/mol. The van der Waals surface area contributed by atoms with Crippen LogP contribution in [0.4, 0.5) is 0 Å². The molecular formula is C16H24N4O. The molecule has 2 aromatic rings. The number of carbonyl (C=O) groups is 1. The number of rotatable bonds is 5. The first-order chi connectivity index (χ1) is 9.84. The van der Waals surface area contributed by atoms with Crippen LogP contribution >= 0.6 is 0 Å². The van der Waals surface area contributed by atoms with E-state index in [1.807, 2.05) is 42.8 Å². The molecule has 0 bridgehead atoms. The molecule has 114 valence electrons. The zero-order valence-electron chi connectivity index (χ0n) is 13.3. The predicted molar refractivity (Wildman–Crippen MR) is 84.9 cm³/mol. The van der Waals surface area contributed by atoms with Crippen molar-refractivity contribution < 1.29 is 4.79 Å².